The molecule has 6 nitrogen and oxygen atoms in total. The van der Waals surface area contributed by atoms with Gasteiger partial charge in [-0.15, -0.1) is 0 Å². The molecule has 1 aromatic carbocycles. The second kappa shape index (κ2) is 9.39. The average Bonchev–Trinajstić information content (AvgIpc) is 2.60. The number of carbonyl (C=O) groups excluding carboxylic acids is 2. The standard InChI is InChI=1S/C18H28N4O2/c1-3-15-6-4-5-7-16(15)20-17(23)14-21-10-12-22(13-11-21)18(24)8-9-19-2/h4-7,19H,3,8-14H2,1-2H3,(H,20,23). The highest BCUT2D eigenvalue weighted by Crippen LogP contribution is 2.15. The molecule has 0 aromatic heterocycles. The molecule has 0 aliphatic carbocycles. The zero-order valence-electron chi connectivity index (χ0n) is 14.7. The zero-order valence-corrected chi connectivity index (χ0v) is 14.7. The van der Waals surface area contributed by atoms with Gasteiger partial charge in [0.05, 0.1) is 6.54 Å². The van der Waals surface area contributed by atoms with Gasteiger partial charge in [0.25, 0.3) is 0 Å². The lowest BCUT2D eigenvalue weighted by molar-refractivity contribution is -0.133. The summed E-state index contributed by atoms with van der Waals surface area (Å²) < 4.78 is 0. The predicted octanol–water partition coefficient (Wildman–Crippen LogP) is 0.941. The maximum atomic E-state index is 12.3. The van der Waals surface area contributed by atoms with Crippen LogP contribution in [0.5, 0.6) is 0 Å². The van der Waals surface area contributed by atoms with Crippen LogP contribution >= 0.6 is 0 Å². The third-order valence-electron chi connectivity index (χ3n) is 4.35. The number of carbonyl (C=O) groups is 2. The van der Waals surface area contributed by atoms with Crippen LogP contribution in [-0.2, 0) is 16.0 Å². The van der Waals surface area contributed by atoms with Gasteiger partial charge < -0.3 is 15.5 Å². The van der Waals surface area contributed by atoms with E-state index in [0.29, 0.717) is 32.6 Å². The Kier molecular flexibility index (Phi) is 7.21. The molecule has 0 saturated carbocycles. The molecule has 132 valence electrons. The third-order valence-corrected chi connectivity index (χ3v) is 4.35. The normalized spacial score (nSPS) is 15.3. The number of piperazine rings is 1. The van der Waals surface area contributed by atoms with Gasteiger partial charge in [-0.05, 0) is 25.1 Å². The molecule has 6 heteroatoms. The summed E-state index contributed by atoms with van der Waals surface area (Å²) >= 11 is 0. The van der Waals surface area contributed by atoms with E-state index >= 15 is 0 Å². The highest BCUT2D eigenvalue weighted by atomic mass is 16.2. The largest absolute Gasteiger partial charge is 0.340 e. The van der Waals surface area contributed by atoms with Gasteiger partial charge in [-0.3, -0.25) is 14.5 Å². The van der Waals surface area contributed by atoms with Gasteiger partial charge in [0, 0.05) is 44.8 Å². The Labute approximate surface area is 144 Å². The highest BCUT2D eigenvalue weighted by molar-refractivity contribution is 5.93. The fraction of sp³-hybridized carbons (Fsp3) is 0.556. The molecule has 2 rings (SSSR count). The van der Waals surface area contributed by atoms with Gasteiger partial charge in [-0.25, -0.2) is 0 Å². The minimum Gasteiger partial charge on any atom is -0.340 e. The number of benzene rings is 1. The van der Waals surface area contributed by atoms with Crippen LogP contribution in [-0.4, -0.2) is 67.9 Å². The molecule has 2 N–H and O–H groups in total. The molecule has 1 heterocycles. The van der Waals surface area contributed by atoms with Crippen molar-refractivity contribution in [1.82, 2.24) is 15.1 Å². The van der Waals surface area contributed by atoms with Crippen molar-refractivity contribution >= 4 is 17.5 Å². The molecule has 0 spiro atoms. The van der Waals surface area contributed by atoms with Crippen molar-refractivity contribution in [2.45, 2.75) is 19.8 Å². The number of nitrogens with zero attached hydrogens (tertiary/aromatic N) is 2. The minimum atomic E-state index is 0.00543. The maximum Gasteiger partial charge on any atom is 0.238 e. The Morgan fingerprint density at radius 1 is 1.12 bits per heavy atom. The van der Waals surface area contributed by atoms with Crippen molar-refractivity contribution in [2.24, 2.45) is 0 Å². The first-order valence-electron chi connectivity index (χ1n) is 8.66. The first-order chi connectivity index (χ1) is 11.6. The van der Waals surface area contributed by atoms with Crippen LogP contribution in [0.3, 0.4) is 0 Å². The van der Waals surface area contributed by atoms with Gasteiger partial charge in [-0.1, -0.05) is 25.1 Å². The van der Waals surface area contributed by atoms with Gasteiger partial charge in [0.1, 0.15) is 0 Å². The number of para-hydroxylation sites is 1. The number of anilines is 1. The summed E-state index contributed by atoms with van der Waals surface area (Å²) in [6.07, 6.45) is 1.43. The molecule has 2 amide bonds. The highest BCUT2D eigenvalue weighted by Gasteiger charge is 2.22. The maximum absolute atomic E-state index is 12.3. The van der Waals surface area contributed by atoms with E-state index in [1.165, 1.54) is 0 Å². The van der Waals surface area contributed by atoms with Crippen LogP contribution in [0.15, 0.2) is 24.3 Å². The van der Waals surface area contributed by atoms with Gasteiger partial charge >= 0.3 is 0 Å². The fourth-order valence-corrected chi connectivity index (χ4v) is 2.89. The van der Waals surface area contributed by atoms with Crippen LogP contribution < -0.4 is 10.6 Å². The van der Waals surface area contributed by atoms with Crippen LogP contribution in [0.4, 0.5) is 5.69 Å². The van der Waals surface area contributed by atoms with Crippen molar-refractivity contribution in [3.63, 3.8) is 0 Å². The van der Waals surface area contributed by atoms with E-state index in [2.05, 4.69) is 22.5 Å². The second-order valence-corrected chi connectivity index (χ2v) is 6.07. The van der Waals surface area contributed by atoms with Crippen molar-refractivity contribution in [2.75, 3.05) is 51.6 Å². The average molecular weight is 332 g/mol. The summed E-state index contributed by atoms with van der Waals surface area (Å²) in [4.78, 5) is 28.2. The Hall–Kier alpha value is -1.92. The van der Waals surface area contributed by atoms with Crippen LogP contribution in [0.1, 0.15) is 18.9 Å². The predicted molar refractivity (Wildman–Crippen MR) is 96.0 cm³/mol. The molecular formula is C18H28N4O2. The number of nitrogens with one attached hydrogen (secondary N) is 2. The van der Waals surface area contributed by atoms with E-state index in [0.717, 1.165) is 30.8 Å². The summed E-state index contributed by atoms with van der Waals surface area (Å²) in [5, 5.41) is 6.00. The number of amides is 2. The number of hydrogen-bond acceptors (Lipinski definition) is 4. The number of aryl methyl sites for hydroxylation is 1. The monoisotopic (exact) mass is 332 g/mol. The van der Waals surface area contributed by atoms with E-state index < -0.39 is 0 Å². The SMILES string of the molecule is CCc1ccccc1NC(=O)CN1CCN(C(=O)CCNC)CC1. The Morgan fingerprint density at radius 2 is 1.83 bits per heavy atom. The molecule has 0 radical (unpaired) electrons. The Bertz CT molecular complexity index is 554. The molecule has 1 aromatic rings. The third kappa shape index (κ3) is 5.32. The summed E-state index contributed by atoms with van der Waals surface area (Å²) in [5.74, 6) is 0.191. The lowest BCUT2D eigenvalue weighted by Gasteiger charge is -2.34. The number of hydrogen-bond donors (Lipinski definition) is 2. The fourth-order valence-electron chi connectivity index (χ4n) is 2.89. The smallest absolute Gasteiger partial charge is 0.238 e. The summed E-state index contributed by atoms with van der Waals surface area (Å²) in [5.41, 5.74) is 2.04. The summed E-state index contributed by atoms with van der Waals surface area (Å²) in [7, 11) is 1.85. The molecule has 24 heavy (non-hydrogen) atoms. The lowest BCUT2D eigenvalue weighted by Crippen LogP contribution is -2.50. The summed E-state index contributed by atoms with van der Waals surface area (Å²) in [6, 6.07) is 7.89. The van der Waals surface area contributed by atoms with Crippen molar-refractivity contribution in [3.05, 3.63) is 29.8 Å². The van der Waals surface area contributed by atoms with Gasteiger partial charge in [0.2, 0.25) is 11.8 Å². The lowest BCUT2D eigenvalue weighted by atomic mass is 10.1. The molecule has 0 bridgehead atoms. The van der Waals surface area contributed by atoms with Crippen molar-refractivity contribution in [1.29, 1.82) is 0 Å². The van der Waals surface area contributed by atoms with Crippen LogP contribution in [0.25, 0.3) is 0 Å². The summed E-state index contributed by atoms with van der Waals surface area (Å²) in [6.45, 7) is 6.04. The molecule has 0 unspecified atom stereocenters. The van der Waals surface area contributed by atoms with Crippen molar-refractivity contribution in [3.8, 4) is 0 Å². The number of rotatable bonds is 7. The molecular weight excluding hydrogens is 304 g/mol. The van der Waals surface area contributed by atoms with E-state index in [1.54, 1.807) is 0 Å². The molecule has 1 saturated heterocycles. The van der Waals surface area contributed by atoms with Crippen LogP contribution in [0, 0.1) is 0 Å². The Morgan fingerprint density at radius 3 is 2.50 bits per heavy atom. The first kappa shape index (κ1) is 18.4. The van der Waals surface area contributed by atoms with Crippen molar-refractivity contribution < 1.29 is 9.59 Å². The van der Waals surface area contributed by atoms with Crippen LogP contribution in [0.2, 0.25) is 0 Å². The van der Waals surface area contributed by atoms with Gasteiger partial charge in [0.15, 0.2) is 0 Å². The molecule has 1 aliphatic rings. The van der Waals surface area contributed by atoms with E-state index in [1.807, 2.05) is 36.2 Å². The van der Waals surface area contributed by atoms with E-state index in [9.17, 15) is 9.59 Å². The van der Waals surface area contributed by atoms with E-state index in [4.69, 9.17) is 0 Å². The first-order valence-corrected chi connectivity index (χ1v) is 8.66. The molecule has 0 atom stereocenters. The molecule has 1 fully saturated rings. The topological polar surface area (TPSA) is 64.7 Å². The quantitative estimate of drug-likeness (QED) is 0.780. The Balaban J connectivity index is 1.77. The minimum absolute atomic E-state index is 0.00543. The van der Waals surface area contributed by atoms with Gasteiger partial charge in [-0.2, -0.15) is 0 Å². The zero-order chi connectivity index (χ0) is 17.4. The van der Waals surface area contributed by atoms with E-state index in [-0.39, 0.29) is 11.8 Å². The second-order valence-electron chi connectivity index (χ2n) is 6.07. The molecule has 1 aliphatic heterocycles.